The number of piperidine rings is 1. The standard InChI is InChI=1S/C14H17BF3N3O2/c1-8-6-9(15)12(23)21-10(8)11(22)19-13(21)2-4-20(5-3-13)7-14(16,17)18/h6,11,19,22H,2-5,7H2,1H3. The number of hydrogen-bond acceptors (Lipinski definition) is 4. The van der Waals surface area contributed by atoms with E-state index in [4.69, 9.17) is 7.85 Å². The minimum Gasteiger partial charge on any atom is -0.373 e. The first-order valence-electron chi connectivity index (χ1n) is 7.40. The molecule has 1 atom stereocenters. The highest BCUT2D eigenvalue weighted by atomic mass is 19.4. The number of aliphatic hydroxyl groups is 1. The van der Waals surface area contributed by atoms with Gasteiger partial charge in [-0.2, -0.15) is 13.2 Å². The van der Waals surface area contributed by atoms with Gasteiger partial charge >= 0.3 is 6.18 Å². The molecule has 1 saturated heterocycles. The Morgan fingerprint density at radius 3 is 2.61 bits per heavy atom. The number of likely N-dealkylation sites (tertiary alicyclic amines) is 1. The molecule has 0 saturated carbocycles. The molecule has 0 aromatic carbocycles. The lowest BCUT2D eigenvalue weighted by Gasteiger charge is -2.41. The molecule has 0 bridgehead atoms. The van der Waals surface area contributed by atoms with E-state index in [1.54, 1.807) is 6.92 Å². The fraction of sp³-hybridized carbons (Fsp3) is 0.643. The third kappa shape index (κ3) is 2.81. The highest BCUT2D eigenvalue weighted by molar-refractivity contribution is 6.32. The highest BCUT2D eigenvalue weighted by Crippen LogP contribution is 2.37. The van der Waals surface area contributed by atoms with Crippen molar-refractivity contribution in [3.05, 3.63) is 27.7 Å². The van der Waals surface area contributed by atoms with Crippen LogP contribution in [0.4, 0.5) is 13.2 Å². The molecule has 124 valence electrons. The number of aryl methyl sites for hydroxylation is 1. The van der Waals surface area contributed by atoms with Crippen LogP contribution in [0, 0.1) is 6.92 Å². The van der Waals surface area contributed by atoms with Crippen LogP contribution in [0.2, 0.25) is 0 Å². The van der Waals surface area contributed by atoms with Gasteiger partial charge < -0.3 is 5.11 Å². The molecule has 9 heteroatoms. The molecule has 3 rings (SSSR count). The topological polar surface area (TPSA) is 57.5 Å². The Kier molecular flexibility index (Phi) is 3.85. The molecule has 1 unspecified atom stereocenters. The maximum absolute atomic E-state index is 12.5. The average molecular weight is 327 g/mol. The van der Waals surface area contributed by atoms with Gasteiger partial charge in [0.1, 0.15) is 19.7 Å². The summed E-state index contributed by atoms with van der Waals surface area (Å²) in [5.74, 6) is 0. The summed E-state index contributed by atoms with van der Waals surface area (Å²) in [5, 5.41) is 13.2. The molecule has 2 aliphatic heterocycles. The van der Waals surface area contributed by atoms with E-state index in [2.05, 4.69) is 5.32 Å². The van der Waals surface area contributed by atoms with E-state index in [0.717, 1.165) is 0 Å². The Balaban J connectivity index is 1.92. The first kappa shape index (κ1) is 16.5. The normalized spacial score (nSPS) is 24.1. The van der Waals surface area contributed by atoms with Gasteiger partial charge in [0.25, 0.3) is 0 Å². The maximum Gasteiger partial charge on any atom is 0.401 e. The van der Waals surface area contributed by atoms with E-state index in [1.165, 1.54) is 15.5 Å². The molecule has 2 aliphatic rings. The number of rotatable bonds is 1. The summed E-state index contributed by atoms with van der Waals surface area (Å²) in [6.07, 6.45) is -4.70. The molecule has 2 N–H and O–H groups in total. The van der Waals surface area contributed by atoms with Crippen molar-refractivity contribution in [2.75, 3.05) is 19.6 Å². The Hall–Kier alpha value is -1.32. The van der Waals surface area contributed by atoms with Crippen molar-refractivity contribution in [1.82, 2.24) is 14.8 Å². The fourth-order valence-electron chi connectivity index (χ4n) is 3.64. The summed E-state index contributed by atoms with van der Waals surface area (Å²) < 4.78 is 39.0. The van der Waals surface area contributed by atoms with E-state index < -0.39 is 30.2 Å². The zero-order valence-electron chi connectivity index (χ0n) is 12.7. The van der Waals surface area contributed by atoms with E-state index in [9.17, 15) is 23.1 Å². The van der Waals surface area contributed by atoms with Gasteiger partial charge in [0.15, 0.2) is 0 Å². The summed E-state index contributed by atoms with van der Waals surface area (Å²) in [4.78, 5) is 13.7. The molecule has 1 fully saturated rings. The quantitative estimate of drug-likeness (QED) is 0.705. The smallest absolute Gasteiger partial charge is 0.373 e. The minimum atomic E-state index is -4.25. The first-order chi connectivity index (χ1) is 10.6. The molecular formula is C14H17BF3N3O2. The molecule has 2 radical (unpaired) electrons. The Labute approximate surface area is 132 Å². The van der Waals surface area contributed by atoms with E-state index in [1.807, 2.05) is 0 Å². The Morgan fingerprint density at radius 2 is 2.04 bits per heavy atom. The number of alkyl halides is 3. The van der Waals surface area contributed by atoms with Crippen LogP contribution in [0.1, 0.15) is 30.3 Å². The van der Waals surface area contributed by atoms with Gasteiger partial charge in [0.2, 0.25) is 5.56 Å². The third-order valence-electron chi connectivity index (χ3n) is 4.65. The number of aromatic nitrogens is 1. The van der Waals surface area contributed by atoms with Crippen molar-refractivity contribution in [3.8, 4) is 0 Å². The zero-order valence-corrected chi connectivity index (χ0v) is 12.7. The largest absolute Gasteiger partial charge is 0.401 e. The van der Waals surface area contributed by atoms with Crippen LogP contribution in [0.25, 0.3) is 0 Å². The molecule has 23 heavy (non-hydrogen) atoms. The minimum absolute atomic E-state index is 0.0687. The van der Waals surface area contributed by atoms with Crippen LogP contribution in [0.3, 0.4) is 0 Å². The van der Waals surface area contributed by atoms with E-state index in [0.29, 0.717) is 11.3 Å². The number of nitrogens with zero attached hydrogens (tertiary/aromatic N) is 2. The lowest BCUT2D eigenvalue weighted by Crippen LogP contribution is -2.56. The molecule has 3 heterocycles. The summed E-state index contributed by atoms with van der Waals surface area (Å²) in [5.41, 5.74) is -0.114. The van der Waals surface area contributed by atoms with Gasteiger partial charge in [-0.25, -0.2) is 0 Å². The summed E-state index contributed by atoms with van der Waals surface area (Å²) in [6, 6.07) is 1.51. The van der Waals surface area contributed by atoms with Crippen molar-refractivity contribution < 1.29 is 18.3 Å². The van der Waals surface area contributed by atoms with Crippen molar-refractivity contribution in [3.63, 3.8) is 0 Å². The van der Waals surface area contributed by atoms with Crippen LogP contribution in [0.5, 0.6) is 0 Å². The Morgan fingerprint density at radius 1 is 1.43 bits per heavy atom. The van der Waals surface area contributed by atoms with Crippen LogP contribution >= 0.6 is 0 Å². The second-order valence-electron chi connectivity index (χ2n) is 6.28. The van der Waals surface area contributed by atoms with Gasteiger partial charge in [-0.1, -0.05) is 6.07 Å². The molecule has 0 aliphatic carbocycles. The van der Waals surface area contributed by atoms with Gasteiger partial charge in [-0.3, -0.25) is 19.6 Å². The lowest BCUT2D eigenvalue weighted by atomic mass is 9.93. The van der Waals surface area contributed by atoms with Crippen molar-refractivity contribution in [2.24, 2.45) is 0 Å². The van der Waals surface area contributed by atoms with Gasteiger partial charge in [-0.05, 0) is 30.8 Å². The second-order valence-corrected chi connectivity index (χ2v) is 6.28. The SMILES string of the molecule is [B]c1cc(C)c2n(c1=O)C1(CCN(CC(F)(F)F)CC1)NC2O. The van der Waals surface area contributed by atoms with E-state index in [-0.39, 0.29) is 31.4 Å². The number of fused-ring (bicyclic) bond motifs is 2. The van der Waals surface area contributed by atoms with Gasteiger partial charge in [-0.15, -0.1) is 0 Å². The van der Waals surface area contributed by atoms with Crippen LogP contribution in [-0.4, -0.2) is 48.2 Å². The van der Waals surface area contributed by atoms with Crippen LogP contribution < -0.4 is 16.3 Å². The summed E-state index contributed by atoms with van der Waals surface area (Å²) in [7, 11) is 5.74. The molecule has 1 spiro atoms. The molecule has 0 amide bonds. The van der Waals surface area contributed by atoms with E-state index >= 15 is 0 Å². The highest BCUT2D eigenvalue weighted by Gasteiger charge is 2.47. The molecule has 1 aromatic heterocycles. The van der Waals surface area contributed by atoms with Crippen molar-refractivity contribution >= 4 is 13.3 Å². The summed E-state index contributed by atoms with van der Waals surface area (Å²) in [6.45, 7) is 1.13. The van der Waals surface area contributed by atoms with Crippen molar-refractivity contribution in [1.29, 1.82) is 0 Å². The molecule has 5 nitrogen and oxygen atoms in total. The third-order valence-corrected chi connectivity index (χ3v) is 4.65. The second kappa shape index (κ2) is 5.36. The average Bonchev–Trinajstić information content (AvgIpc) is 2.71. The van der Waals surface area contributed by atoms with Crippen LogP contribution in [0.15, 0.2) is 10.9 Å². The predicted molar refractivity (Wildman–Crippen MR) is 78.6 cm³/mol. The number of aliphatic hydroxyl groups excluding tert-OH is 1. The number of pyridine rings is 1. The van der Waals surface area contributed by atoms with Gasteiger partial charge in [0.05, 0.1) is 12.2 Å². The monoisotopic (exact) mass is 327 g/mol. The molecular weight excluding hydrogens is 310 g/mol. The number of nitrogens with one attached hydrogen (secondary N) is 1. The predicted octanol–water partition coefficient (Wildman–Crippen LogP) is -0.144. The lowest BCUT2D eigenvalue weighted by molar-refractivity contribution is -0.151. The maximum atomic E-state index is 12.5. The Bertz CT molecular complexity index is 681. The van der Waals surface area contributed by atoms with Gasteiger partial charge in [0, 0.05) is 13.1 Å². The molecule has 1 aromatic rings. The fourth-order valence-corrected chi connectivity index (χ4v) is 3.64. The number of hydrogen-bond donors (Lipinski definition) is 2. The zero-order chi connectivity index (χ0) is 17.0. The van der Waals surface area contributed by atoms with Crippen LogP contribution in [-0.2, 0) is 5.66 Å². The summed E-state index contributed by atoms with van der Waals surface area (Å²) >= 11 is 0. The number of halogens is 3. The first-order valence-corrected chi connectivity index (χ1v) is 7.40. The van der Waals surface area contributed by atoms with Crippen molar-refractivity contribution in [2.45, 2.75) is 37.8 Å².